The molecule has 4 aromatic rings. The summed E-state index contributed by atoms with van der Waals surface area (Å²) in [5.74, 6) is -0.855. The third-order valence-corrected chi connectivity index (χ3v) is 4.90. The lowest BCUT2D eigenvalue weighted by atomic mass is 10.1. The van der Waals surface area contributed by atoms with Crippen LogP contribution in [0.3, 0.4) is 0 Å². The SMILES string of the molecule is O=C1Cc2ccc(-c3nnc4cncc(OCCc5ccc(F)c(F)c5)n34)cc2N1. The summed E-state index contributed by atoms with van der Waals surface area (Å²) in [6, 6.07) is 9.37. The van der Waals surface area contributed by atoms with Gasteiger partial charge < -0.3 is 10.1 Å². The van der Waals surface area contributed by atoms with E-state index in [-0.39, 0.29) is 12.5 Å². The van der Waals surface area contributed by atoms with Gasteiger partial charge in [0, 0.05) is 17.7 Å². The number of hydrogen-bond acceptors (Lipinski definition) is 5. The summed E-state index contributed by atoms with van der Waals surface area (Å²) in [6.07, 6.45) is 3.85. The number of anilines is 1. The first-order chi connectivity index (χ1) is 14.6. The van der Waals surface area contributed by atoms with Gasteiger partial charge in [-0.2, -0.15) is 0 Å². The molecule has 0 fully saturated rings. The van der Waals surface area contributed by atoms with Crippen molar-refractivity contribution in [2.24, 2.45) is 0 Å². The van der Waals surface area contributed by atoms with Crippen molar-refractivity contribution in [1.29, 1.82) is 0 Å². The first-order valence-corrected chi connectivity index (χ1v) is 9.27. The lowest BCUT2D eigenvalue weighted by molar-refractivity contribution is -0.115. The Kier molecular flexibility index (Phi) is 4.35. The Morgan fingerprint density at radius 1 is 1.07 bits per heavy atom. The molecule has 3 heterocycles. The molecule has 1 aliphatic heterocycles. The van der Waals surface area contributed by atoms with Gasteiger partial charge in [0.25, 0.3) is 0 Å². The van der Waals surface area contributed by atoms with Crippen LogP contribution in [0.15, 0.2) is 48.8 Å². The summed E-state index contributed by atoms with van der Waals surface area (Å²) >= 11 is 0. The van der Waals surface area contributed by atoms with E-state index in [1.165, 1.54) is 6.07 Å². The molecule has 2 aromatic carbocycles. The van der Waals surface area contributed by atoms with Gasteiger partial charge in [0.2, 0.25) is 11.8 Å². The molecule has 5 rings (SSSR count). The summed E-state index contributed by atoms with van der Waals surface area (Å²) in [7, 11) is 0. The van der Waals surface area contributed by atoms with Crippen molar-refractivity contribution in [2.75, 3.05) is 11.9 Å². The Balaban J connectivity index is 1.42. The van der Waals surface area contributed by atoms with E-state index in [1.807, 2.05) is 18.2 Å². The van der Waals surface area contributed by atoms with E-state index in [2.05, 4.69) is 20.5 Å². The number of halogens is 2. The van der Waals surface area contributed by atoms with Crippen LogP contribution >= 0.6 is 0 Å². The molecule has 30 heavy (non-hydrogen) atoms. The molecule has 0 atom stereocenters. The van der Waals surface area contributed by atoms with Crippen molar-refractivity contribution in [1.82, 2.24) is 19.6 Å². The Morgan fingerprint density at radius 2 is 1.97 bits per heavy atom. The zero-order valence-corrected chi connectivity index (χ0v) is 15.6. The highest BCUT2D eigenvalue weighted by Gasteiger charge is 2.20. The van der Waals surface area contributed by atoms with Gasteiger partial charge in [-0.1, -0.05) is 18.2 Å². The van der Waals surface area contributed by atoms with E-state index in [1.54, 1.807) is 16.8 Å². The number of benzene rings is 2. The van der Waals surface area contributed by atoms with Crippen molar-refractivity contribution in [3.05, 3.63) is 71.6 Å². The van der Waals surface area contributed by atoms with Crippen molar-refractivity contribution < 1.29 is 18.3 Å². The molecule has 150 valence electrons. The van der Waals surface area contributed by atoms with Crippen molar-refractivity contribution in [3.63, 3.8) is 0 Å². The number of fused-ring (bicyclic) bond motifs is 2. The largest absolute Gasteiger partial charge is 0.477 e. The molecule has 2 aromatic heterocycles. The molecule has 0 radical (unpaired) electrons. The van der Waals surface area contributed by atoms with Gasteiger partial charge in [-0.15, -0.1) is 10.2 Å². The Morgan fingerprint density at radius 3 is 2.83 bits per heavy atom. The van der Waals surface area contributed by atoms with Crippen molar-refractivity contribution in [3.8, 4) is 17.3 Å². The second-order valence-corrected chi connectivity index (χ2v) is 6.91. The number of ether oxygens (including phenoxy) is 1. The fourth-order valence-corrected chi connectivity index (χ4v) is 3.43. The normalized spacial score (nSPS) is 12.8. The minimum Gasteiger partial charge on any atom is -0.477 e. The number of aromatic nitrogens is 4. The van der Waals surface area contributed by atoms with Crippen LogP contribution in [0.1, 0.15) is 11.1 Å². The average molecular weight is 407 g/mol. The average Bonchev–Trinajstić information content (AvgIpc) is 3.33. The lowest BCUT2D eigenvalue weighted by Crippen LogP contribution is -2.06. The van der Waals surface area contributed by atoms with Crippen LogP contribution in [0.2, 0.25) is 0 Å². The molecule has 0 spiro atoms. The molecule has 9 heteroatoms. The maximum absolute atomic E-state index is 13.4. The van der Waals surface area contributed by atoms with Gasteiger partial charge in [-0.25, -0.2) is 13.2 Å². The second-order valence-electron chi connectivity index (χ2n) is 6.91. The molecule has 7 nitrogen and oxygen atoms in total. The monoisotopic (exact) mass is 407 g/mol. The second kappa shape index (κ2) is 7.18. The highest BCUT2D eigenvalue weighted by molar-refractivity contribution is 5.99. The van der Waals surface area contributed by atoms with Crippen LogP contribution in [-0.2, 0) is 17.6 Å². The maximum Gasteiger partial charge on any atom is 0.228 e. The third kappa shape index (κ3) is 3.24. The highest BCUT2D eigenvalue weighted by Crippen LogP contribution is 2.30. The van der Waals surface area contributed by atoms with Crippen molar-refractivity contribution >= 4 is 17.2 Å². The highest BCUT2D eigenvalue weighted by atomic mass is 19.2. The standard InChI is InChI=1S/C21H15F2N5O2/c22-15-4-1-12(7-16(15)23)5-6-30-20-11-24-10-18-26-27-21(28(18)20)14-3-2-13-9-19(29)25-17(13)8-14/h1-4,7-8,10-11H,5-6,9H2,(H,25,29). The quantitative estimate of drug-likeness (QED) is 0.550. The molecule has 0 aliphatic carbocycles. The fourth-order valence-electron chi connectivity index (χ4n) is 3.43. The fraction of sp³-hybridized carbons (Fsp3) is 0.143. The van der Waals surface area contributed by atoms with Crippen LogP contribution in [0.25, 0.3) is 17.0 Å². The minimum absolute atomic E-state index is 0.0429. The Hall–Kier alpha value is -3.88. The Labute approximate surface area is 169 Å². The summed E-state index contributed by atoms with van der Waals surface area (Å²) in [4.78, 5) is 15.7. The van der Waals surface area contributed by atoms with E-state index in [0.717, 1.165) is 28.9 Å². The van der Waals surface area contributed by atoms with E-state index in [9.17, 15) is 13.6 Å². The number of carbonyl (C=O) groups excluding carboxylic acids is 1. The Bertz CT molecular complexity index is 1290. The molecule has 0 saturated heterocycles. The van der Waals surface area contributed by atoms with Crippen molar-refractivity contribution in [2.45, 2.75) is 12.8 Å². The topological polar surface area (TPSA) is 81.4 Å². The smallest absolute Gasteiger partial charge is 0.228 e. The number of nitrogens with zero attached hydrogens (tertiary/aromatic N) is 4. The van der Waals surface area contributed by atoms with Gasteiger partial charge in [0.05, 0.1) is 25.4 Å². The van der Waals surface area contributed by atoms with Crippen LogP contribution in [0.5, 0.6) is 5.88 Å². The number of hydrogen-bond donors (Lipinski definition) is 1. The molecule has 1 N–H and O–H groups in total. The van der Waals surface area contributed by atoms with E-state index in [0.29, 0.717) is 35.8 Å². The third-order valence-electron chi connectivity index (χ3n) is 4.90. The minimum atomic E-state index is -0.888. The summed E-state index contributed by atoms with van der Waals surface area (Å²) in [6.45, 7) is 0.226. The maximum atomic E-state index is 13.4. The molecule has 1 aliphatic rings. The van der Waals surface area contributed by atoms with Gasteiger partial charge in [0.1, 0.15) is 0 Å². The zero-order valence-electron chi connectivity index (χ0n) is 15.6. The van der Waals surface area contributed by atoms with Gasteiger partial charge in [0.15, 0.2) is 23.1 Å². The number of rotatable bonds is 5. The first kappa shape index (κ1) is 18.2. The van der Waals surface area contributed by atoms with Gasteiger partial charge in [-0.3, -0.25) is 9.78 Å². The first-order valence-electron chi connectivity index (χ1n) is 9.27. The molecule has 0 bridgehead atoms. The molecule has 0 saturated carbocycles. The number of nitrogens with one attached hydrogen (secondary N) is 1. The van der Waals surface area contributed by atoms with Crippen LogP contribution in [0, 0.1) is 11.6 Å². The lowest BCUT2D eigenvalue weighted by Gasteiger charge is -2.10. The molecule has 1 amide bonds. The van der Waals surface area contributed by atoms with E-state index < -0.39 is 11.6 Å². The van der Waals surface area contributed by atoms with E-state index >= 15 is 0 Å². The predicted molar refractivity (Wildman–Crippen MR) is 104 cm³/mol. The molecule has 0 unspecified atom stereocenters. The van der Waals surface area contributed by atoms with Gasteiger partial charge >= 0.3 is 0 Å². The zero-order chi connectivity index (χ0) is 20.7. The molecular weight excluding hydrogens is 392 g/mol. The van der Waals surface area contributed by atoms with E-state index in [4.69, 9.17) is 4.74 Å². The number of carbonyl (C=O) groups is 1. The van der Waals surface area contributed by atoms with Crippen LogP contribution in [-0.4, -0.2) is 32.1 Å². The summed E-state index contributed by atoms with van der Waals surface area (Å²) < 4.78 is 34.0. The van der Waals surface area contributed by atoms with Crippen LogP contribution < -0.4 is 10.1 Å². The summed E-state index contributed by atoms with van der Waals surface area (Å²) in [5.41, 5.74) is 3.57. The van der Waals surface area contributed by atoms with Crippen LogP contribution in [0.4, 0.5) is 14.5 Å². The molecular formula is C21H15F2N5O2. The predicted octanol–water partition coefficient (Wildman–Crippen LogP) is 3.19. The van der Waals surface area contributed by atoms with Gasteiger partial charge in [-0.05, 0) is 29.3 Å². The summed E-state index contributed by atoms with van der Waals surface area (Å²) in [5, 5.41) is 11.2. The number of amides is 1.